The molecule has 1 amide bonds. The molecule has 0 aliphatic rings. The van der Waals surface area contributed by atoms with Gasteiger partial charge in [-0.2, -0.15) is 0 Å². The van der Waals surface area contributed by atoms with Crippen molar-refractivity contribution in [1.29, 1.82) is 0 Å². The summed E-state index contributed by atoms with van der Waals surface area (Å²) in [5.41, 5.74) is 0. The molecule has 1 aromatic rings. The average Bonchev–Trinajstić information content (AvgIpc) is 2.51. The van der Waals surface area contributed by atoms with Gasteiger partial charge in [-0.15, -0.1) is 11.3 Å². The molecule has 78 valence electrons. The lowest BCUT2D eigenvalue weighted by Crippen LogP contribution is -2.24. The molecular formula is C10H14BrNOS. The van der Waals surface area contributed by atoms with E-state index in [1.54, 1.807) is 0 Å². The standard InChI is InChI=1S/C10H14BrNOS/c1-7(2)3-4-12-10(13)9-5-8(11)6-14-9/h5-7H,3-4H2,1-2H3,(H,12,13). The molecule has 0 fully saturated rings. The summed E-state index contributed by atoms with van der Waals surface area (Å²) >= 11 is 4.78. The topological polar surface area (TPSA) is 29.1 Å². The van der Waals surface area contributed by atoms with E-state index in [0.717, 1.165) is 22.3 Å². The number of hydrogen-bond donors (Lipinski definition) is 1. The normalized spacial score (nSPS) is 10.6. The lowest BCUT2D eigenvalue weighted by Gasteiger charge is -2.05. The molecule has 1 rings (SSSR count). The number of amides is 1. The maximum absolute atomic E-state index is 11.5. The summed E-state index contributed by atoms with van der Waals surface area (Å²) in [6.07, 6.45) is 1.03. The Balaban J connectivity index is 2.36. The van der Waals surface area contributed by atoms with Crippen molar-refractivity contribution in [2.45, 2.75) is 20.3 Å². The molecule has 0 saturated carbocycles. The van der Waals surface area contributed by atoms with Gasteiger partial charge >= 0.3 is 0 Å². The van der Waals surface area contributed by atoms with Gasteiger partial charge in [0.25, 0.3) is 5.91 Å². The molecular weight excluding hydrogens is 262 g/mol. The molecule has 0 bridgehead atoms. The van der Waals surface area contributed by atoms with Gasteiger partial charge in [0.1, 0.15) is 0 Å². The third-order valence-corrected chi connectivity index (χ3v) is 3.49. The summed E-state index contributed by atoms with van der Waals surface area (Å²) in [6.45, 7) is 5.05. The van der Waals surface area contributed by atoms with E-state index >= 15 is 0 Å². The highest BCUT2D eigenvalue weighted by Gasteiger charge is 2.07. The molecule has 0 aromatic carbocycles. The van der Waals surface area contributed by atoms with Crippen LogP contribution in [0, 0.1) is 5.92 Å². The van der Waals surface area contributed by atoms with Crippen molar-refractivity contribution >= 4 is 33.2 Å². The van der Waals surface area contributed by atoms with E-state index in [1.165, 1.54) is 11.3 Å². The van der Waals surface area contributed by atoms with Crippen LogP contribution in [-0.4, -0.2) is 12.5 Å². The van der Waals surface area contributed by atoms with Crippen LogP contribution >= 0.6 is 27.3 Å². The first kappa shape index (κ1) is 11.7. The summed E-state index contributed by atoms with van der Waals surface area (Å²) in [7, 11) is 0. The zero-order valence-electron chi connectivity index (χ0n) is 8.34. The summed E-state index contributed by atoms with van der Waals surface area (Å²) in [6, 6.07) is 1.84. The van der Waals surface area contributed by atoms with Gasteiger partial charge in [0, 0.05) is 16.4 Å². The second-order valence-corrected chi connectivity index (χ2v) is 5.39. The van der Waals surface area contributed by atoms with Crippen molar-refractivity contribution in [1.82, 2.24) is 5.32 Å². The SMILES string of the molecule is CC(C)CCNC(=O)c1cc(Br)cs1. The monoisotopic (exact) mass is 275 g/mol. The lowest BCUT2D eigenvalue weighted by atomic mass is 10.1. The summed E-state index contributed by atoms with van der Waals surface area (Å²) in [5.74, 6) is 0.659. The van der Waals surface area contributed by atoms with Crippen molar-refractivity contribution in [3.63, 3.8) is 0 Å². The Bertz CT molecular complexity index is 309. The van der Waals surface area contributed by atoms with Crippen LogP contribution in [0.4, 0.5) is 0 Å². The molecule has 4 heteroatoms. The van der Waals surface area contributed by atoms with Gasteiger partial charge in [0.05, 0.1) is 4.88 Å². The van der Waals surface area contributed by atoms with Crippen molar-refractivity contribution in [2.24, 2.45) is 5.92 Å². The van der Waals surface area contributed by atoms with Gasteiger partial charge in [0.15, 0.2) is 0 Å². The molecule has 0 saturated heterocycles. The van der Waals surface area contributed by atoms with Crippen LogP contribution in [0.5, 0.6) is 0 Å². The number of hydrogen-bond acceptors (Lipinski definition) is 2. The molecule has 0 spiro atoms. The third kappa shape index (κ3) is 3.80. The van der Waals surface area contributed by atoms with Crippen LogP contribution in [0.2, 0.25) is 0 Å². The average molecular weight is 276 g/mol. The van der Waals surface area contributed by atoms with E-state index in [-0.39, 0.29) is 5.91 Å². The van der Waals surface area contributed by atoms with Crippen LogP contribution < -0.4 is 5.32 Å². The quantitative estimate of drug-likeness (QED) is 0.898. The first-order chi connectivity index (χ1) is 6.59. The molecule has 0 aliphatic carbocycles. The highest BCUT2D eigenvalue weighted by atomic mass is 79.9. The first-order valence-electron chi connectivity index (χ1n) is 4.62. The minimum absolute atomic E-state index is 0.0290. The highest BCUT2D eigenvalue weighted by molar-refractivity contribution is 9.10. The molecule has 1 aromatic heterocycles. The Hall–Kier alpha value is -0.350. The van der Waals surface area contributed by atoms with Crippen molar-refractivity contribution in [2.75, 3.05) is 6.54 Å². The minimum Gasteiger partial charge on any atom is -0.351 e. The summed E-state index contributed by atoms with van der Waals surface area (Å²) < 4.78 is 0.969. The second-order valence-electron chi connectivity index (χ2n) is 3.57. The molecule has 1 heterocycles. The zero-order valence-corrected chi connectivity index (χ0v) is 10.7. The minimum atomic E-state index is 0.0290. The van der Waals surface area contributed by atoms with E-state index in [4.69, 9.17) is 0 Å². The largest absolute Gasteiger partial charge is 0.351 e. The number of halogens is 1. The Morgan fingerprint density at radius 2 is 2.36 bits per heavy atom. The van der Waals surface area contributed by atoms with Crippen LogP contribution in [-0.2, 0) is 0 Å². The van der Waals surface area contributed by atoms with Gasteiger partial charge in [-0.3, -0.25) is 4.79 Å². The van der Waals surface area contributed by atoms with Gasteiger partial charge in [0.2, 0.25) is 0 Å². The molecule has 1 N–H and O–H groups in total. The Morgan fingerprint density at radius 1 is 1.64 bits per heavy atom. The summed E-state index contributed by atoms with van der Waals surface area (Å²) in [5, 5.41) is 4.81. The number of thiophene rings is 1. The molecule has 2 nitrogen and oxygen atoms in total. The number of carbonyl (C=O) groups excluding carboxylic acids is 1. The third-order valence-electron chi connectivity index (χ3n) is 1.80. The summed E-state index contributed by atoms with van der Waals surface area (Å²) in [4.78, 5) is 12.3. The lowest BCUT2D eigenvalue weighted by molar-refractivity contribution is 0.0956. The van der Waals surface area contributed by atoms with Crippen molar-refractivity contribution in [3.05, 3.63) is 20.8 Å². The fourth-order valence-corrected chi connectivity index (χ4v) is 2.34. The van der Waals surface area contributed by atoms with E-state index < -0.39 is 0 Å². The molecule has 0 aliphatic heterocycles. The fraction of sp³-hybridized carbons (Fsp3) is 0.500. The van der Waals surface area contributed by atoms with Gasteiger partial charge < -0.3 is 5.32 Å². The molecule has 0 atom stereocenters. The van der Waals surface area contributed by atoms with Crippen LogP contribution in [0.1, 0.15) is 29.9 Å². The van der Waals surface area contributed by atoms with Crippen LogP contribution in [0.15, 0.2) is 15.9 Å². The Morgan fingerprint density at radius 3 is 2.86 bits per heavy atom. The fourth-order valence-electron chi connectivity index (χ4n) is 0.994. The van der Waals surface area contributed by atoms with E-state index in [1.807, 2.05) is 11.4 Å². The van der Waals surface area contributed by atoms with E-state index in [0.29, 0.717) is 5.92 Å². The smallest absolute Gasteiger partial charge is 0.261 e. The van der Waals surface area contributed by atoms with Gasteiger partial charge in [-0.1, -0.05) is 13.8 Å². The highest BCUT2D eigenvalue weighted by Crippen LogP contribution is 2.19. The maximum atomic E-state index is 11.5. The van der Waals surface area contributed by atoms with Gasteiger partial charge in [-0.05, 0) is 34.3 Å². The molecule has 14 heavy (non-hydrogen) atoms. The number of carbonyl (C=O) groups is 1. The maximum Gasteiger partial charge on any atom is 0.261 e. The molecule has 0 radical (unpaired) electrons. The number of rotatable bonds is 4. The van der Waals surface area contributed by atoms with Crippen LogP contribution in [0.25, 0.3) is 0 Å². The Kier molecular flexibility index (Phi) is 4.62. The van der Waals surface area contributed by atoms with Crippen LogP contribution in [0.3, 0.4) is 0 Å². The van der Waals surface area contributed by atoms with E-state index in [2.05, 4.69) is 35.1 Å². The zero-order chi connectivity index (χ0) is 10.6. The van der Waals surface area contributed by atoms with Gasteiger partial charge in [-0.25, -0.2) is 0 Å². The van der Waals surface area contributed by atoms with E-state index in [9.17, 15) is 4.79 Å². The predicted octanol–water partition coefficient (Wildman–Crippen LogP) is 3.29. The number of nitrogens with one attached hydrogen (secondary N) is 1. The first-order valence-corrected chi connectivity index (χ1v) is 6.29. The second kappa shape index (κ2) is 5.51. The predicted molar refractivity (Wildman–Crippen MR) is 63.8 cm³/mol. The van der Waals surface area contributed by atoms with Crippen molar-refractivity contribution in [3.8, 4) is 0 Å². The van der Waals surface area contributed by atoms with Crippen molar-refractivity contribution < 1.29 is 4.79 Å². The molecule has 0 unspecified atom stereocenters. The Labute approximate surface area is 96.8 Å².